The normalized spacial score (nSPS) is 21.6. The van der Waals surface area contributed by atoms with E-state index in [1.165, 1.54) is 0 Å². The van der Waals surface area contributed by atoms with Gasteiger partial charge in [-0.1, -0.05) is 30.3 Å². The molecule has 1 aromatic carbocycles. The molecule has 0 unspecified atom stereocenters. The molecule has 0 saturated carbocycles. The van der Waals surface area contributed by atoms with Crippen LogP contribution in [0, 0.1) is 0 Å². The fourth-order valence-electron chi connectivity index (χ4n) is 1.88. The van der Waals surface area contributed by atoms with Crippen molar-refractivity contribution >= 4 is 6.09 Å². The summed E-state index contributed by atoms with van der Waals surface area (Å²) >= 11 is 0. The number of ether oxygens (including phenoxy) is 2. The summed E-state index contributed by atoms with van der Waals surface area (Å²) in [6.07, 6.45) is -2.35. The minimum atomic E-state index is -1.01. The van der Waals surface area contributed by atoms with Crippen LogP contribution in [-0.2, 0) is 16.1 Å². The van der Waals surface area contributed by atoms with Crippen LogP contribution in [0.1, 0.15) is 5.56 Å². The molecule has 1 saturated heterocycles. The van der Waals surface area contributed by atoms with E-state index in [1.54, 1.807) is 0 Å². The number of hydrogen-bond donors (Lipinski definition) is 3. The molecule has 1 fully saturated rings. The van der Waals surface area contributed by atoms with Gasteiger partial charge >= 0.3 is 6.09 Å². The summed E-state index contributed by atoms with van der Waals surface area (Å²) in [6.45, 7) is 0.0240. The maximum absolute atomic E-state index is 10.9. The number of carbonyl (C=O) groups excluding carboxylic acids is 1. The Morgan fingerprint density at radius 2 is 2.16 bits per heavy atom. The van der Waals surface area contributed by atoms with Gasteiger partial charge in [0.2, 0.25) is 0 Å². The van der Waals surface area contributed by atoms with Crippen LogP contribution in [0.3, 0.4) is 0 Å². The molecular weight excluding hydrogens is 250 g/mol. The molecule has 104 valence electrons. The van der Waals surface area contributed by atoms with Gasteiger partial charge in [-0.25, -0.2) is 4.79 Å². The number of alkyl carbamates (subject to hydrolysis) is 1. The lowest BCUT2D eigenvalue weighted by atomic mass is 10.1. The number of benzene rings is 1. The molecule has 2 rings (SSSR count). The second kappa shape index (κ2) is 6.51. The largest absolute Gasteiger partial charge is 0.447 e. The van der Waals surface area contributed by atoms with Crippen LogP contribution in [0.25, 0.3) is 0 Å². The van der Waals surface area contributed by atoms with Crippen molar-refractivity contribution in [2.45, 2.75) is 24.9 Å². The number of carbonyl (C=O) groups is 1. The first kappa shape index (κ1) is 13.8. The van der Waals surface area contributed by atoms with Gasteiger partial charge in [0, 0.05) is 0 Å². The minimum Gasteiger partial charge on any atom is -0.447 e. The van der Waals surface area contributed by atoms with Crippen LogP contribution < -0.4 is 5.32 Å². The Hall–Kier alpha value is -1.63. The number of amides is 1. The van der Waals surface area contributed by atoms with E-state index in [-0.39, 0.29) is 19.8 Å². The molecule has 3 atom stereocenters. The van der Waals surface area contributed by atoms with E-state index in [1.807, 2.05) is 30.3 Å². The second-order valence-corrected chi connectivity index (χ2v) is 4.36. The third kappa shape index (κ3) is 3.66. The number of nitrogens with one attached hydrogen (secondary N) is 1. The number of aliphatic hydroxyl groups excluding tert-OH is 2. The summed E-state index contributed by atoms with van der Waals surface area (Å²) in [6, 6.07) is 8.89. The highest BCUT2D eigenvalue weighted by molar-refractivity contribution is 5.69. The second-order valence-electron chi connectivity index (χ2n) is 4.36. The summed E-state index contributed by atoms with van der Waals surface area (Å²) < 4.78 is 10.2. The van der Waals surface area contributed by atoms with Crippen molar-refractivity contribution in [1.29, 1.82) is 0 Å². The fourth-order valence-corrected chi connectivity index (χ4v) is 1.88. The number of cyclic esters (lactones) is 1. The predicted octanol–water partition coefficient (Wildman–Crippen LogP) is 0.0334. The third-order valence-electron chi connectivity index (χ3n) is 2.98. The first-order valence-electron chi connectivity index (χ1n) is 6.08. The lowest BCUT2D eigenvalue weighted by molar-refractivity contribution is -0.0810. The molecule has 3 N–H and O–H groups in total. The van der Waals surface area contributed by atoms with Gasteiger partial charge in [0.05, 0.1) is 19.3 Å². The highest BCUT2D eigenvalue weighted by Gasteiger charge is 2.34. The average Bonchev–Trinajstić information content (AvgIpc) is 2.87. The maximum atomic E-state index is 10.9. The van der Waals surface area contributed by atoms with Crippen molar-refractivity contribution in [1.82, 2.24) is 5.32 Å². The molecule has 1 aliphatic rings. The summed E-state index contributed by atoms with van der Waals surface area (Å²) in [7, 11) is 0. The SMILES string of the molecule is O=C1N[C@H]([C@H](O)[C@@H](CO)OCc2ccccc2)CO1. The molecule has 6 heteroatoms. The molecule has 1 amide bonds. The van der Waals surface area contributed by atoms with Crippen LogP contribution in [0.15, 0.2) is 30.3 Å². The number of hydrogen-bond acceptors (Lipinski definition) is 5. The summed E-state index contributed by atoms with van der Waals surface area (Å²) in [5.74, 6) is 0. The molecule has 1 heterocycles. The van der Waals surface area contributed by atoms with Gasteiger partial charge in [-0.15, -0.1) is 0 Å². The maximum Gasteiger partial charge on any atom is 0.407 e. The smallest absolute Gasteiger partial charge is 0.407 e. The van der Waals surface area contributed by atoms with Gasteiger partial charge in [-0.05, 0) is 5.56 Å². The zero-order chi connectivity index (χ0) is 13.7. The molecular formula is C13H17NO5. The van der Waals surface area contributed by atoms with E-state index in [4.69, 9.17) is 9.47 Å². The van der Waals surface area contributed by atoms with E-state index in [2.05, 4.69) is 5.32 Å². The molecule has 0 bridgehead atoms. The van der Waals surface area contributed by atoms with Crippen molar-refractivity contribution in [3.63, 3.8) is 0 Å². The molecule has 1 aliphatic heterocycles. The van der Waals surface area contributed by atoms with Gasteiger partial charge in [0.1, 0.15) is 18.8 Å². The topological polar surface area (TPSA) is 88.0 Å². The molecule has 0 aliphatic carbocycles. The van der Waals surface area contributed by atoms with E-state index in [9.17, 15) is 15.0 Å². The average molecular weight is 267 g/mol. The van der Waals surface area contributed by atoms with E-state index in [0.29, 0.717) is 0 Å². The van der Waals surface area contributed by atoms with Crippen LogP contribution >= 0.6 is 0 Å². The Bertz CT molecular complexity index is 411. The Kier molecular flexibility index (Phi) is 4.73. The highest BCUT2D eigenvalue weighted by Crippen LogP contribution is 2.12. The molecule has 0 spiro atoms. The van der Waals surface area contributed by atoms with E-state index >= 15 is 0 Å². The van der Waals surface area contributed by atoms with Crippen LogP contribution in [0.4, 0.5) is 4.79 Å². The monoisotopic (exact) mass is 267 g/mol. The van der Waals surface area contributed by atoms with Crippen LogP contribution in [-0.4, -0.2) is 47.8 Å². The first-order chi connectivity index (χ1) is 9.20. The zero-order valence-electron chi connectivity index (χ0n) is 10.4. The summed E-state index contributed by atoms with van der Waals surface area (Å²) in [4.78, 5) is 10.9. The van der Waals surface area contributed by atoms with E-state index in [0.717, 1.165) is 5.56 Å². The lowest BCUT2D eigenvalue weighted by Crippen LogP contribution is -2.47. The Morgan fingerprint density at radius 3 is 2.74 bits per heavy atom. The minimum absolute atomic E-state index is 0.0746. The van der Waals surface area contributed by atoms with Crippen molar-refractivity contribution in [2.24, 2.45) is 0 Å². The molecule has 6 nitrogen and oxygen atoms in total. The number of aliphatic hydroxyl groups is 2. The van der Waals surface area contributed by atoms with Crippen molar-refractivity contribution in [3.05, 3.63) is 35.9 Å². The van der Waals surface area contributed by atoms with Crippen LogP contribution in [0.2, 0.25) is 0 Å². The van der Waals surface area contributed by atoms with Gasteiger partial charge < -0.3 is 25.0 Å². The Labute approximate surface area is 111 Å². The molecule has 19 heavy (non-hydrogen) atoms. The molecule has 1 aromatic rings. The van der Waals surface area contributed by atoms with Gasteiger partial charge in [0.25, 0.3) is 0 Å². The first-order valence-corrected chi connectivity index (χ1v) is 6.08. The Balaban J connectivity index is 1.87. The van der Waals surface area contributed by atoms with Gasteiger partial charge in [-0.3, -0.25) is 0 Å². The fraction of sp³-hybridized carbons (Fsp3) is 0.462. The van der Waals surface area contributed by atoms with Gasteiger partial charge in [0.15, 0.2) is 0 Å². The predicted molar refractivity (Wildman–Crippen MR) is 66.4 cm³/mol. The van der Waals surface area contributed by atoms with Crippen molar-refractivity contribution in [3.8, 4) is 0 Å². The highest BCUT2D eigenvalue weighted by atomic mass is 16.6. The van der Waals surface area contributed by atoms with E-state index < -0.39 is 24.3 Å². The summed E-state index contributed by atoms with van der Waals surface area (Å²) in [5.41, 5.74) is 0.944. The van der Waals surface area contributed by atoms with Crippen LogP contribution in [0.5, 0.6) is 0 Å². The summed E-state index contributed by atoms with van der Waals surface area (Å²) in [5, 5.41) is 21.8. The van der Waals surface area contributed by atoms with Crippen molar-refractivity contribution in [2.75, 3.05) is 13.2 Å². The Morgan fingerprint density at radius 1 is 1.42 bits per heavy atom. The quantitative estimate of drug-likeness (QED) is 0.677. The molecule has 0 radical (unpaired) electrons. The third-order valence-corrected chi connectivity index (χ3v) is 2.98. The molecule has 0 aromatic heterocycles. The lowest BCUT2D eigenvalue weighted by Gasteiger charge is -2.24. The standard InChI is InChI=1S/C13H17NO5/c15-6-11(12(16)10-8-19-13(17)14-10)18-7-9-4-2-1-3-5-9/h1-5,10-12,15-16H,6-8H2,(H,14,17)/t10-,11+,12-/m0/s1. The van der Waals surface area contributed by atoms with Crippen molar-refractivity contribution < 1.29 is 24.5 Å². The number of rotatable bonds is 6. The zero-order valence-corrected chi connectivity index (χ0v) is 10.4. The van der Waals surface area contributed by atoms with Gasteiger partial charge in [-0.2, -0.15) is 0 Å².